The number of aromatic carboxylic acids is 1. The highest BCUT2D eigenvalue weighted by Crippen LogP contribution is 2.51. The molecule has 1 aliphatic carbocycles. The van der Waals surface area contributed by atoms with Crippen molar-refractivity contribution in [3.63, 3.8) is 0 Å². The van der Waals surface area contributed by atoms with Crippen molar-refractivity contribution in [2.75, 3.05) is 12.1 Å². The summed E-state index contributed by atoms with van der Waals surface area (Å²) < 4.78 is 10.8. The molecule has 0 unspecified atom stereocenters. The quantitative estimate of drug-likeness (QED) is 0.637. The predicted molar refractivity (Wildman–Crippen MR) is 116 cm³/mol. The van der Waals surface area contributed by atoms with Gasteiger partial charge in [0.05, 0.1) is 11.0 Å². The number of benzene rings is 2. The highest BCUT2D eigenvalue weighted by Gasteiger charge is 2.51. The Bertz CT molecular complexity index is 1220. The lowest BCUT2D eigenvalue weighted by atomic mass is 9.94. The molecule has 1 fully saturated rings. The number of nitrogens with one attached hydrogen (secondary N) is 1. The molecule has 2 N–H and O–H groups in total. The second-order valence-electron chi connectivity index (χ2n) is 7.90. The molecule has 31 heavy (non-hydrogen) atoms. The first-order valence-electron chi connectivity index (χ1n) is 9.97. The lowest BCUT2D eigenvalue weighted by Gasteiger charge is -2.17. The van der Waals surface area contributed by atoms with E-state index < -0.39 is 11.4 Å². The first-order valence-corrected chi connectivity index (χ1v) is 9.97. The van der Waals surface area contributed by atoms with Gasteiger partial charge < -0.3 is 19.9 Å². The summed E-state index contributed by atoms with van der Waals surface area (Å²) in [6, 6.07) is 12.8. The Balaban J connectivity index is 0.00000245. The Morgan fingerprint density at radius 3 is 2.65 bits per heavy atom. The predicted octanol–water partition coefficient (Wildman–Crippen LogP) is 4.40. The van der Waals surface area contributed by atoms with Crippen LogP contribution in [-0.4, -0.2) is 28.8 Å². The van der Waals surface area contributed by atoms with Gasteiger partial charge in [-0.2, -0.15) is 0 Å². The van der Waals surface area contributed by atoms with Crippen LogP contribution in [0.25, 0.3) is 11.1 Å². The maximum Gasteiger partial charge on any atom is 0.337 e. The number of nitrogens with zero attached hydrogens (tertiary/aromatic N) is 1. The molecule has 1 saturated carbocycles. The first kappa shape index (κ1) is 19.1. The third-order valence-corrected chi connectivity index (χ3v) is 5.90. The zero-order valence-corrected chi connectivity index (χ0v) is 16.8. The molecular weight excluding hydrogens is 396 g/mol. The summed E-state index contributed by atoms with van der Waals surface area (Å²) in [5.74, 6) is 0.259. The number of carboxylic acids is 1. The maximum atomic E-state index is 13.2. The number of ether oxygens (including phenoxy) is 2. The van der Waals surface area contributed by atoms with Gasteiger partial charge in [-0.1, -0.05) is 12.1 Å². The largest absolute Gasteiger partial charge is 0.478 e. The van der Waals surface area contributed by atoms with Gasteiger partial charge in [0.1, 0.15) is 0 Å². The lowest BCUT2D eigenvalue weighted by Crippen LogP contribution is -2.27. The summed E-state index contributed by atoms with van der Waals surface area (Å²) in [7, 11) is 0. The minimum Gasteiger partial charge on any atom is -0.478 e. The van der Waals surface area contributed by atoms with E-state index in [0.29, 0.717) is 22.7 Å². The standard InChI is InChI=1S/C24H20N2O5.H2/c1-14-2-4-18(10-19(14)15-8-16(22(27)28)12-25-11-15)26-23(29)24(6-7-24)17-3-5-20-21(9-17)31-13-30-20;/h2-5,8-12H,6-7,13H2,1H3,(H,26,29)(H,27,28);1H. The fourth-order valence-electron chi connectivity index (χ4n) is 3.93. The molecule has 1 aliphatic heterocycles. The van der Waals surface area contributed by atoms with E-state index in [-0.39, 0.29) is 19.7 Å². The second kappa shape index (κ2) is 7.12. The van der Waals surface area contributed by atoms with Gasteiger partial charge in [0.2, 0.25) is 12.7 Å². The number of carbonyl (C=O) groups is 2. The molecule has 1 aromatic heterocycles. The van der Waals surface area contributed by atoms with Crippen LogP contribution in [-0.2, 0) is 10.2 Å². The number of carbonyl (C=O) groups excluding carboxylic acids is 1. The Labute approximate surface area is 180 Å². The van der Waals surface area contributed by atoms with E-state index in [1.54, 1.807) is 12.3 Å². The van der Waals surface area contributed by atoms with Gasteiger partial charge in [-0.05, 0) is 66.8 Å². The minimum atomic E-state index is -1.03. The topological polar surface area (TPSA) is 97.8 Å². The Kier molecular flexibility index (Phi) is 4.39. The summed E-state index contributed by atoms with van der Waals surface area (Å²) in [4.78, 5) is 28.5. The third-order valence-electron chi connectivity index (χ3n) is 5.90. The Morgan fingerprint density at radius 2 is 1.87 bits per heavy atom. The molecule has 0 bridgehead atoms. The number of aromatic nitrogens is 1. The molecule has 0 atom stereocenters. The van der Waals surface area contributed by atoms with Crippen LogP contribution < -0.4 is 14.8 Å². The Hall–Kier alpha value is -3.87. The van der Waals surface area contributed by atoms with E-state index in [2.05, 4.69) is 10.3 Å². The average molecular weight is 418 g/mol. The van der Waals surface area contributed by atoms with Crippen molar-refractivity contribution in [3.05, 3.63) is 71.5 Å². The molecule has 0 saturated heterocycles. The number of pyridine rings is 1. The zero-order chi connectivity index (χ0) is 21.6. The third kappa shape index (κ3) is 3.38. The van der Waals surface area contributed by atoms with E-state index >= 15 is 0 Å². The van der Waals surface area contributed by atoms with Crippen LogP contribution in [0.5, 0.6) is 11.5 Å². The fraction of sp³-hybridized carbons (Fsp3) is 0.208. The number of fused-ring (bicyclic) bond motifs is 1. The molecule has 5 rings (SSSR count). The zero-order valence-electron chi connectivity index (χ0n) is 16.8. The van der Waals surface area contributed by atoms with Gasteiger partial charge in [-0.15, -0.1) is 0 Å². The van der Waals surface area contributed by atoms with Crippen LogP contribution in [0.4, 0.5) is 5.69 Å². The number of hydrogen-bond donors (Lipinski definition) is 2. The van der Waals surface area contributed by atoms with Gasteiger partial charge in [-0.3, -0.25) is 9.78 Å². The van der Waals surface area contributed by atoms with Crippen LogP contribution in [0.3, 0.4) is 0 Å². The van der Waals surface area contributed by atoms with Crippen molar-refractivity contribution < 1.29 is 25.6 Å². The summed E-state index contributed by atoms with van der Waals surface area (Å²) in [5, 5.41) is 12.3. The summed E-state index contributed by atoms with van der Waals surface area (Å²) >= 11 is 0. The molecular formula is C24H22N2O5. The second-order valence-corrected chi connectivity index (χ2v) is 7.90. The van der Waals surface area contributed by atoms with Crippen LogP contribution in [0.15, 0.2) is 54.9 Å². The van der Waals surface area contributed by atoms with Gasteiger partial charge in [0.15, 0.2) is 11.5 Å². The number of carboxylic acid groups (broad SMARTS) is 1. The van der Waals surface area contributed by atoms with Gasteiger partial charge >= 0.3 is 5.97 Å². The van der Waals surface area contributed by atoms with Crippen molar-refractivity contribution in [2.45, 2.75) is 25.2 Å². The number of amides is 1. The molecule has 1 amide bonds. The number of rotatable bonds is 5. The van der Waals surface area contributed by atoms with Crippen LogP contribution in [0.2, 0.25) is 0 Å². The number of hydrogen-bond acceptors (Lipinski definition) is 5. The molecule has 0 radical (unpaired) electrons. The van der Waals surface area contributed by atoms with Crippen molar-refractivity contribution in [1.29, 1.82) is 0 Å². The Morgan fingerprint density at radius 1 is 1.06 bits per heavy atom. The van der Waals surface area contributed by atoms with E-state index in [1.165, 1.54) is 6.20 Å². The lowest BCUT2D eigenvalue weighted by molar-refractivity contribution is -0.118. The van der Waals surface area contributed by atoms with Gasteiger partial charge in [0, 0.05) is 25.1 Å². The van der Waals surface area contributed by atoms with Gasteiger partial charge in [0.25, 0.3) is 0 Å². The molecule has 2 aliphatic rings. The molecule has 0 spiro atoms. The number of aryl methyl sites for hydroxylation is 1. The minimum absolute atomic E-state index is 0. The van der Waals surface area contributed by atoms with E-state index in [9.17, 15) is 14.7 Å². The maximum absolute atomic E-state index is 13.2. The fourth-order valence-corrected chi connectivity index (χ4v) is 3.93. The molecule has 2 heterocycles. The molecule has 7 nitrogen and oxygen atoms in total. The van der Waals surface area contributed by atoms with Crippen LogP contribution in [0.1, 0.15) is 35.8 Å². The van der Waals surface area contributed by atoms with Crippen LogP contribution in [0, 0.1) is 6.92 Å². The monoisotopic (exact) mass is 418 g/mol. The normalized spacial score (nSPS) is 15.4. The molecule has 3 aromatic rings. The summed E-state index contributed by atoms with van der Waals surface area (Å²) in [5.41, 5.74) is 3.58. The molecule has 158 valence electrons. The van der Waals surface area contributed by atoms with Crippen molar-refractivity contribution in [2.24, 2.45) is 0 Å². The molecule has 7 heteroatoms. The van der Waals surface area contributed by atoms with Crippen molar-refractivity contribution in [3.8, 4) is 22.6 Å². The highest BCUT2D eigenvalue weighted by atomic mass is 16.7. The SMILES string of the molecule is Cc1ccc(NC(=O)C2(c3ccc4c(c3)OCO4)CC2)cc1-c1cncc(C(=O)O)c1.[HH]. The summed E-state index contributed by atoms with van der Waals surface area (Å²) in [6.07, 6.45) is 4.47. The van der Waals surface area contributed by atoms with E-state index in [0.717, 1.165) is 29.5 Å². The first-order chi connectivity index (χ1) is 15.0. The number of anilines is 1. The van der Waals surface area contributed by atoms with Crippen molar-refractivity contribution >= 4 is 17.6 Å². The van der Waals surface area contributed by atoms with E-state index in [1.807, 2.05) is 43.3 Å². The highest BCUT2D eigenvalue weighted by molar-refractivity contribution is 6.02. The van der Waals surface area contributed by atoms with Crippen molar-refractivity contribution in [1.82, 2.24) is 4.98 Å². The molecule has 2 aromatic carbocycles. The average Bonchev–Trinajstić information content (AvgIpc) is 3.46. The van der Waals surface area contributed by atoms with Gasteiger partial charge in [-0.25, -0.2) is 4.79 Å². The summed E-state index contributed by atoms with van der Waals surface area (Å²) in [6.45, 7) is 2.13. The smallest absolute Gasteiger partial charge is 0.337 e. The van der Waals surface area contributed by atoms with E-state index in [4.69, 9.17) is 9.47 Å². The van der Waals surface area contributed by atoms with Crippen LogP contribution >= 0.6 is 0 Å².